The van der Waals surface area contributed by atoms with E-state index in [0.29, 0.717) is 26.2 Å². The molecule has 4 aromatic carbocycles. The Kier molecular flexibility index (Phi) is 13.3. The van der Waals surface area contributed by atoms with Crippen molar-refractivity contribution >= 4 is 24.1 Å². The molecule has 4 aromatic rings. The van der Waals surface area contributed by atoms with Crippen molar-refractivity contribution in [2.45, 2.75) is 64.2 Å². The van der Waals surface area contributed by atoms with E-state index in [-0.39, 0.29) is 37.3 Å². The Morgan fingerprint density at radius 2 is 0.569 bits per heavy atom. The number of benzene rings is 4. The number of amides is 8. The van der Waals surface area contributed by atoms with Gasteiger partial charge in [0.15, 0.2) is 22.7 Å². The van der Waals surface area contributed by atoms with E-state index in [2.05, 4.69) is 21.3 Å². The highest BCUT2D eigenvalue weighted by molar-refractivity contribution is 5.90. The maximum Gasteiger partial charge on any atom is 0.321 e. The molecule has 14 heteroatoms. The number of aliphatic hydroxyl groups is 2. The predicted octanol–water partition coefficient (Wildman–Crippen LogP) is 5.56. The highest BCUT2D eigenvalue weighted by atomic mass is 16.3. The van der Waals surface area contributed by atoms with Crippen molar-refractivity contribution < 1.29 is 29.4 Å². The minimum atomic E-state index is -1.06. The third-order valence-corrected chi connectivity index (χ3v) is 10.8. The number of nitrogens with zero attached hydrogens (tertiary/aromatic N) is 4. The number of nitrogens with one attached hydrogen (secondary N) is 4. The molecule has 4 heterocycles. The monoisotopic (exact) mass is 792 g/mol. The Labute approximate surface area is 340 Å². The SMILES string of the molecule is CCN1C(=O)NC2(c3ccccc3)NC(=O)N(CC)C12c1ccccc1.CCN1C(=O)NC2(c3ccccc3)NC(=O)N(CC)C12c1ccccc1.CCO.CCO. The van der Waals surface area contributed by atoms with E-state index in [1.54, 1.807) is 33.4 Å². The molecule has 58 heavy (non-hydrogen) atoms. The third kappa shape index (κ3) is 6.45. The highest BCUT2D eigenvalue weighted by Crippen LogP contribution is 2.54. The Balaban J connectivity index is 0.000000195. The molecule has 4 fully saturated rings. The van der Waals surface area contributed by atoms with Crippen molar-refractivity contribution in [3.8, 4) is 0 Å². The smallest absolute Gasteiger partial charge is 0.321 e. The Bertz CT molecular complexity index is 1810. The van der Waals surface area contributed by atoms with E-state index in [1.807, 2.05) is 149 Å². The summed E-state index contributed by atoms with van der Waals surface area (Å²) in [5.41, 5.74) is -0.602. The van der Waals surface area contributed by atoms with Crippen molar-refractivity contribution in [2.75, 3.05) is 39.4 Å². The average Bonchev–Trinajstić information content (AvgIpc) is 3.84. The molecule has 0 aromatic heterocycles. The molecular formula is C44H56N8O6. The van der Waals surface area contributed by atoms with Gasteiger partial charge in [-0.15, -0.1) is 0 Å². The van der Waals surface area contributed by atoms with Crippen LogP contribution in [0, 0.1) is 0 Å². The minimum Gasteiger partial charge on any atom is -0.397 e. The number of carbonyl (C=O) groups is 4. The molecule has 308 valence electrons. The fraction of sp³-hybridized carbons (Fsp3) is 0.364. The molecule has 4 saturated heterocycles. The lowest BCUT2D eigenvalue weighted by Gasteiger charge is -2.46. The standard InChI is InChI=1S/2C20H22N4O2.2C2H6O/c2*1-3-23-17(25)21-19(15-11-7-5-8-12-15)20(23,16-13-9-6-10-14-16)24(4-2)18(26)22-19;2*1-2-3/h2*5-14H,3-4H2,1-2H3,(H,21,25)(H,22,26);2*3H,2H2,1H3. The topological polar surface area (TPSA) is 170 Å². The normalized spacial score (nSPS) is 25.1. The van der Waals surface area contributed by atoms with E-state index < -0.39 is 22.7 Å². The molecule has 0 bridgehead atoms. The molecular weight excluding hydrogens is 737 g/mol. The predicted molar refractivity (Wildman–Crippen MR) is 222 cm³/mol. The van der Waals surface area contributed by atoms with Gasteiger partial charge in [0.05, 0.1) is 0 Å². The number of hydrogen-bond acceptors (Lipinski definition) is 6. The van der Waals surface area contributed by atoms with Crippen molar-refractivity contribution in [3.05, 3.63) is 144 Å². The molecule has 8 rings (SSSR count). The van der Waals surface area contributed by atoms with E-state index in [4.69, 9.17) is 10.2 Å². The first-order valence-electron chi connectivity index (χ1n) is 19.9. The summed E-state index contributed by atoms with van der Waals surface area (Å²) in [6.45, 7) is 13.5. The van der Waals surface area contributed by atoms with Gasteiger partial charge >= 0.3 is 24.1 Å². The van der Waals surface area contributed by atoms with E-state index in [1.165, 1.54) is 0 Å². The van der Waals surface area contributed by atoms with Gasteiger partial charge in [0, 0.05) is 61.6 Å². The quantitative estimate of drug-likeness (QED) is 0.137. The van der Waals surface area contributed by atoms with Crippen molar-refractivity contribution in [2.24, 2.45) is 0 Å². The van der Waals surface area contributed by atoms with Gasteiger partial charge in [-0.3, -0.25) is 19.6 Å². The lowest BCUT2D eigenvalue weighted by molar-refractivity contribution is -0.00750. The van der Waals surface area contributed by atoms with E-state index in [0.717, 1.165) is 22.3 Å². The Hall–Kier alpha value is -6.12. The van der Waals surface area contributed by atoms with Gasteiger partial charge in [-0.05, 0) is 41.5 Å². The summed E-state index contributed by atoms with van der Waals surface area (Å²) in [5.74, 6) is 0. The number of likely N-dealkylation sites (N-methyl/N-ethyl adjacent to an activating group) is 4. The zero-order chi connectivity index (χ0) is 42.1. The fourth-order valence-corrected chi connectivity index (χ4v) is 8.97. The van der Waals surface area contributed by atoms with Gasteiger partial charge in [0.2, 0.25) is 0 Å². The van der Waals surface area contributed by atoms with Crippen LogP contribution in [0.15, 0.2) is 121 Å². The first kappa shape index (κ1) is 43.0. The van der Waals surface area contributed by atoms with Crippen LogP contribution in [0.1, 0.15) is 63.8 Å². The second-order valence-corrected chi connectivity index (χ2v) is 13.6. The second kappa shape index (κ2) is 18.0. The van der Waals surface area contributed by atoms with Crippen LogP contribution in [-0.4, -0.2) is 93.3 Å². The first-order valence-corrected chi connectivity index (χ1v) is 19.9. The van der Waals surface area contributed by atoms with Crippen LogP contribution in [0.5, 0.6) is 0 Å². The van der Waals surface area contributed by atoms with Crippen LogP contribution in [-0.2, 0) is 22.7 Å². The van der Waals surface area contributed by atoms with Crippen LogP contribution in [0.2, 0.25) is 0 Å². The summed E-state index contributed by atoms with van der Waals surface area (Å²) in [7, 11) is 0. The second-order valence-electron chi connectivity index (χ2n) is 13.6. The average molecular weight is 793 g/mol. The first-order chi connectivity index (χ1) is 28.1. The van der Waals surface area contributed by atoms with Gasteiger partial charge in [0.25, 0.3) is 0 Å². The highest BCUT2D eigenvalue weighted by Gasteiger charge is 2.74. The van der Waals surface area contributed by atoms with Crippen molar-refractivity contribution in [1.29, 1.82) is 0 Å². The third-order valence-electron chi connectivity index (χ3n) is 10.8. The largest absolute Gasteiger partial charge is 0.397 e. The van der Waals surface area contributed by atoms with Crippen molar-refractivity contribution in [1.82, 2.24) is 40.9 Å². The van der Waals surface area contributed by atoms with E-state index >= 15 is 0 Å². The maximum absolute atomic E-state index is 13.0. The Morgan fingerprint density at radius 1 is 0.379 bits per heavy atom. The van der Waals surface area contributed by atoms with Crippen LogP contribution in [0.4, 0.5) is 19.2 Å². The summed E-state index contributed by atoms with van der Waals surface area (Å²) in [6.07, 6.45) is 0. The van der Waals surface area contributed by atoms with Crippen LogP contribution in [0.3, 0.4) is 0 Å². The summed E-state index contributed by atoms with van der Waals surface area (Å²) in [6, 6.07) is 38.0. The summed E-state index contributed by atoms with van der Waals surface area (Å²) >= 11 is 0. The molecule has 14 nitrogen and oxygen atoms in total. The number of hydrogen-bond donors (Lipinski definition) is 6. The molecule has 0 spiro atoms. The van der Waals surface area contributed by atoms with Gasteiger partial charge in [-0.2, -0.15) is 0 Å². The fourth-order valence-electron chi connectivity index (χ4n) is 8.97. The van der Waals surface area contributed by atoms with Crippen LogP contribution in [0.25, 0.3) is 0 Å². The van der Waals surface area contributed by atoms with Crippen molar-refractivity contribution in [3.63, 3.8) is 0 Å². The number of urea groups is 4. The maximum atomic E-state index is 13.0. The van der Waals surface area contributed by atoms with Gasteiger partial charge in [-0.25, -0.2) is 19.2 Å². The lowest BCUT2D eigenvalue weighted by atomic mass is 9.81. The molecule has 0 unspecified atom stereocenters. The van der Waals surface area contributed by atoms with Crippen LogP contribution >= 0.6 is 0 Å². The summed E-state index contributed by atoms with van der Waals surface area (Å²) in [5, 5.41) is 27.5. The molecule has 4 aliphatic heterocycles. The Morgan fingerprint density at radius 3 is 0.759 bits per heavy atom. The zero-order valence-electron chi connectivity index (χ0n) is 34.1. The molecule has 0 radical (unpaired) electrons. The molecule has 0 aliphatic carbocycles. The summed E-state index contributed by atoms with van der Waals surface area (Å²) < 4.78 is 0. The molecule has 4 aliphatic rings. The number of fused-ring (bicyclic) bond motifs is 2. The zero-order valence-corrected chi connectivity index (χ0v) is 34.1. The van der Waals surface area contributed by atoms with Crippen LogP contribution < -0.4 is 21.3 Å². The number of aliphatic hydroxyl groups excluding tert-OH is 2. The van der Waals surface area contributed by atoms with Gasteiger partial charge in [-0.1, -0.05) is 121 Å². The van der Waals surface area contributed by atoms with Gasteiger partial charge < -0.3 is 31.5 Å². The lowest BCUT2D eigenvalue weighted by Crippen LogP contribution is -2.62. The number of carbonyl (C=O) groups excluding carboxylic acids is 4. The summed E-state index contributed by atoms with van der Waals surface area (Å²) in [4.78, 5) is 58.9. The van der Waals surface area contributed by atoms with Gasteiger partial charge in [0.1, 0.15) is 0 Å². The molecule has 6 N–H and O–H groups in total. The molecule has 0 saturated carbocycles. The molecule has 0 atom stereocenters. The molecule has 8 amide bonds. The number of rotatable bonds is 8. The minimum absolute atomic E-state index is 0.196. The van der Waals surface area contributed by atoms with E-state index in [9.17, 15) is 19.2 Å².